The number of nitrogens with one attached hydrogen (secondary N) is 1. The molecule has 0 amide bonds. The molecule has 0 spiro atoms. The second-order valence-corrected chi connectivity index (χ2v) is 5.72. The van der Waals surface area contributed by atoms with Gasteiger partial charge in [0.25, 0.3) is 0 Å². The monoisotopic (exact) mass is 307 g/mol. The Hall–Kier alpha value is -2.46. The smallest absolute Gasteiger partial charge is 0.137 e. The number of nitrogens with two attached hydrogens (primary N) is 1. The first-order valence-electron chi connectivity index (χ1n) is 7.97. The summed E-state index contributed by atoms with van der Waals surface area (Å²) < 4.78 is 0. The van der Waals surface area contributed by atoms with E-state index in [0.717, 1.165) is 29.4 Å². The lowest BCUT2D eigenvalue weighted by Gasteiger charge is -2.07. The molecule has 4 nitrogen and oxygen atoms in total. The molecule has 2 heterocycles. The zero-order chi connectivity index (χ0) is 16.1. The molecule has 0 aliphatic carbocycles. The first-order valence-corrected chi connectivity index (χ1v) is 7.97. The summed E-state index contributed by atoms with van der Waals surface area (Å²) >= 11 is 0. The Labute approximate surface area is 135 Å². The maximum Gasteiger partial charge on any atom is 0.137 e. The summed E-state index contributed by atoms with van der Waals surface area (Å²) in [5.41, 5.74) is 10.1. The second kappa shape index (κ2) is 7.20. The van der Waals surface area contributed by atoms with Crippen molar-refractivity contribution in [2.24, 2.45) is 5.73 Å². The van der Waals surface area contributed by atoms with Crippen molar-refractivity contribution in [1.82, 2.24) is 9.97 Å². The number of pyridine rings is 1. The van der Waals surface area contributed by atoms with Gasteiger partial charge in [0.2, 0.25) is 0 Å². The Morgan fingerprint density at radius 1 is 1.00 bits per heavy atom. The average molecular weight is 307 g/mol. The summed E-state index contributed by atoms with van der Waals surface area (Å²) in [4.78, 5) is 19.6. The third kappa shape index (κ3) is 3.66. The fraction of sp³-hybridized carbons (Fsp3) is 0.263. The van der Waals surface area contributed by atoms with Gasteiger partial charge < -0.3 is 10.7 Å². The molecular weight excluding hydrogens is 286 g/mol. The molecule has 0 aliphatic rings. The lowest BCUT2D eigenvalue weighted by atomic mass is 9.99. The summed E-state index contributed by atoms with van der Waals surface area (Å²) in [5.74, 6) is 0.289. The Morgan fingerprint density at radius 3 is 2.52 bits per heavy atom. The quantitative estimate of drug-likeness (QED) is 0.704. The highest BCUT2D eigenvalue weighted by Crippen LogP contribution is 2.17. The molecule has 3 N–H and O–H groups in total. The first kappa shape index (κ1) is 15.4. The average Bonchev–Trinajstić information content (AvgIpc) is 3.07. The van der Waals surface area contributed by atoms with Crippen molar-refractivity contribution in [3.63, 3.8) is 0 Å². The molecule has 2 aromatic heterocycles. The van der Waals surface area contributed by atoms with Crippen LogP contribution in [-0.4, -0.2) is 15.8 Å². The Kier molecular flexibility index (Phi) is 4.83. The molecular formula is C19H21N3O. The molecule has 0 atom stereocenters. The Balaban J connectivity index is 1.57. The maximum atomic E-state index is 12.2. The van der Waals surface area contributed by atoms with Gasteiger partial charge in [-0.2, -0.15) is 0 Å². The molecule has 0 unspecified atom stereocenters. The van der Waals surface area contributed by atoms with Gasteiger partial charge in [0, 0.05) is 37.2 Å². The molecule has 0 saturated heterocycles. The van der Waals surface area contributed by atoms with Crippen molar-refractivity contribution in [3.8, 4) is 0 Å². The van der Waals surface area contributed by atoms with Gasteiger partial charge in [-0.1, -0.05) is 24.3 Å². The van der Waals surface area contributed by atoms with Gasteiger partial charge in [-0.05, 0) is 41.7 Å². The van der Waals surface area contributed by atoms with E-state index < -0.39 is 0 Å². The van der Waals surface area contributed by atoms with Gasteiger partial charge >= 0.3 is 0 Å². The van der Waals surface area contributed by atoms with Crippen molar-refractivity contribution in [2.45, 2.75) is 32.2 Å². The number of benzene rings is 1. The number of rotatable bonds is 7. The van der Waals surface area contributed by atoms with Crippen LogP contribution in [0.2, 0.25) is 0 Å². The first-order chi connectivity index (χ1) is 11.3. The van der Waals surface area contributed by atoms with Gasteiger partial charge in [-0.15, -0.1) is 0 Å². The molecule has 1 aromatic carbocycles. The number of carbonyl (C=O) groups is 1. The molecule has 0 aliphatic heterocycles. The van der Waals surface area contributed by atoms with Gasteiger partial charge in [0.15, 0.2) is 0 Å². The molecule has 3 rings (SSSR count). The van der Waals surface area contributed by atoms with Crippen LogP contribution in [-0.2, 0) is 24.2 Å². The number of ketones is 1. The van der Waals surface area contributed by atoms with Crippen molar-refractivity contribution >= 4 is 16.8 Å². The number of fused-ring (bicyclic) bond motifs is 1. The van der Waals surface area contributed by atoms with E-state index in [-0.39, 0.29) is 5.78 Å². The highest BCUT2D eigenvalue weighted by Gasteiger charge is 2.08. The van der Waals surface area contributed by atoms with Crippen molar-refractivity contribution in [1.29, 1.82) is 0 Å². The van der Waals surface area contributed by atoms with E-state index in [2.05, 4.69) is 16.0 Å². The second-order valence-electron chi connectivity index (χ2n) is 5.72. The molecule has 3 aromatic rings. The van der Waals surface area contributed by atoms with E-state index in [1.54, 1.807) is 6.20 Å². The molecule has 0 bridgehead atoms. The number of aromatic amines is 1. The standard InChI is InChI=1S/C19H21N3O/c20-13-16-4-2-1-3-14(16)5-7-17(23)8-6-15-9-11-21-19-18(15)10-12-22-19/h1-4,9-12H,5-8,13,20H2,(H,21,22). The highest BCUT2D eigenvalue weighted by molar-refractivity contribution is 5.82. The number of nitrogens with zero attached hydrogens (tertiary/aromatic N) is 1. The lowest BCUT2D eigenvalue weighted by molar-refractivity contribution is -0.119. The number of aromatic nitrogens is 2. The number of aryl methyl sites for hydroxylation is 2. The van der Waals surface area contributed by atoms with Crippen LogP contribution < -0.4 is 5.73 Å². The molecule has 0 saturated carbocycles. The van der Waals surface area contributed by atoms with Crippen molar-refractivity contribution in [2.75, 3.05) is 0 Å². The number of carbonyl (C=O) groups excluding carboxylic acids is 1. The van der Waals surface area contributed by atoms with Gasteiger partial charge in [-0.25, -0.2) is 4.98 Å². The minimum Gasteiger partial charge on any atom is -0.346 e. The van der Waals surface area contributed by atoms with E-state index in [1.165, 1.54) is 11.1 Å². The highest BCUT2D eigenvalue weighted by atomic mass is 16.1. The molecule has 0 radical (unpaired) electrons. The van der Waals surface area contributed by atoms with Gasteiger partial charge in [-0.3, -0.25) is 4.79 Å². The van der Waals surface area contributed by atoms with Crippen LogP contribution in [0, 0.1) is 0 Å². The molecule has 4 heteroatoms. The number of hydrogen-bond acceptors (Lipinski definition) is 3. The zero-order valence-corrected chi connectivity index (χ0v) is 13.1. The largest absolute Gasteiger partial charge is 0.346 e. The van der Waals surface area contributed by atoms with E-state index in [1.807, 2.05) is 36.5 Å². The third-order valence-corrected chi connectivity index (χ3v) is 4.24. The minimum absolute atomic E-state index is 0.289. The number of Topliss-reactive ketones (excluding diaryl/α,β-unsaturated/α-hetero) is 1. The SMILES string of the molecule is NCc1ccccc1CCC(=O)CCc1ccnc2[nH]ccc12. The third-order valence-electron chi connectivity index (χ3n) is 4.24. The number of H-pyrrole nitrogens is 1. The van der Waals surface area contributed by atoms with E-state index in [9.17, 15) is 4.79 Å². The summed E-state index contributed by atoms with van der Waals surface area (Å²) in [6.45, 7) is 0.521. The number of hydrogen-bond donors (Lipinski definition) is 2. The fourth-order valence-electron chi connectivity index (χ4n) is 2.91. The Morgan fingerprint density at radius 2 is 1.74 bits per heavy atom. The fourth-order valence-corrected chi connectivity index (χ4v) is 2.91. The van der Waals surface area contributed by atoms with E-state index >= 15 is 0 Å². The zero-order valence-electron chi connectivity index (χ0n) is 13.1. The normalized spacial score (nSPS) is 11.0. The van der Waals surface area contributed by atoms with Gasteiger partial charge in [0.05, 0.1) is 0 Å². The maximum absolute atomic E-state index is 12.2. The summed E-state index contributed by atoms with van der Waals surface area (Å²) in [7, 11) is 0. The van der Waals surface area contributed by atoms with E-state index in [4.69, 9.17) is 5.73 Å². The van der Waals surface area contributed by atoms with Crippen LogP contribution in [0.25, 0.3) is 11.0 Å². The van der Waals surface area contributed by atoms with Crippen LogP contribution in [0.5, 0.6) is 0 Å². The molecule has 0 fully saturated rings. The summed E-state index contributed by atoms with van der Waals surface area (Å²) in [6.07, 6.45) is 6.33. The predicted octanol–water partition coefficient (Wildman–Crippen LogP) is 3.16. The Bertz CT molecular complexity index is 807. The molecule has 23 heavy (non-hydrogen) atoms. The summed E-state index contributed by atoms with van der Waals surface area (Å²) in [6, 6.07) is 12.1. The lowest BCUT2D eigenvalue weighted by Crippen LogP contribution is -2.06. The predicted molar refractivity (Wildman–Crippen MR) is 92.1 cm³/mol. The van der Waals surface area contributed by atoms with Crippen LogP contribution in [0.4, 0.5) is 0 Å². The van der Waals surface area contributed by atoms with Crippen LogP contribution in [0.15, 0.2) is 48.8 Å². The van der Waals surface area contributed by atoms with E-state index in [0.29, 0.717) is 19.4 Å². The minimum atomic E-state index is 0.289. The van der Waals surface area contributed by atoms with Crippen LogP contribution >= 0.6 is 0 Å². The van der Waals surface area contributed by atoms with Crippen molar-refractivity contribution in [3.05, 3.63) is 65.5 Å². The van der Waals surface area contributed by atoms with Crippen LogP contribution in [0.1, 0.15) is 29.5 Å². The van der Waals surface area contributed by atoms with Crippen LogP contribution in [0.3, 0.4) is 0 Å². The van der Waals surface area contributed by atoms with Crippen molar-refractivity contribution < 1.29 is 4.79 Å². The molecule has 118 valence electrons. The topological polar surface area (TPSA) is 71.8 Å². The van der Waals surface area contributed by atoms with Gasteiger partial charge in [0.1, 0.15) is 11.4 Å². The summed E-state index contributed by atoms with van der Waals surface area (Å²) in [5, 5.41) is 1.11.